The first-order chi connectivity index (χ1) is 9.45. The SMILES string of the molecule is CC1CCC(N(C)S(=O)(=O)c2ccc(CN)nc2)CC1. The molecule has 112 valence electrons. The summed E-state index contributed by atoms with van der Waals surface area (Å²) in [6, 6.07) is 3.36. The van der Waals surface area contributed by atoms with Gasteiger partial charge in [-0.2, -0.15) is 4.31 Å². The van der Waals surface area contributed by atoms with Crippen LogP contribution in [0.2, 0.25) is 0 Å². The summed E-state index contributed by atoms with van der Waals surface area (Å²) in [7, 11) is -1.78. The van der Waals surface area contributed by atoms with E-state index in [0.717, 1.165) is 25.7 Å². The molecule has 1 aliphatic rings. The van der Waals surface area contributed by atoms with Gasteiger partial charge in [0.15, 0.2) is 0 Å². The number of rotatable bonds is 4. The van der Waals surface area contributed by atoms with Gasteiger partial charge in [-0.1, -0.05) is 6.92 Å². The molecule has 0 unspecified atom stereocenters. The van der Waals surface area contributed by atoms with Gasteiger partial charge < -0.3 is 5.73 Å². The third-order valence-corrected chi connectivity index (χ3v) is 6.08. The molecule has 0 saturated heterocycles. The number of hydrogen-bond donors (Lipinski definition) is 1. The van der Waals surface area contributed by atoms with Crippen LogP contribution in [-0.2, 0) is 16.6 Å². The van der Waals surface area contributed by atoms with Crippen LogP contribution in [-0.4, -0.2) is 30.8 Å². The summed E-state index contributed by atoms with van der Waals surface area (Å²) in [5.41, 5.74) is 6.17. The Morgan fingerprint density at radius 2 is 1.95 bits per heavy atom. The van der Waals surface area contributed by atoms with E-state index in [4.69, 9.17) is 5.73 Å². The molecule has 0 amide bonds. The fourth-order valence-corrected chi connectivity index (χ4v) is 4.01. The Morgan fingerprint density at radius 3 is 2.45 bits per heavy atom. The zero-order valence-corrected chi connectivity index (χ0v) is 12.9. The highest BCUT2D eigenvalue weighted by Gasteiger charge is 2.30. The molecule has 1 saturated carbocycles. The highest BCUT2D eigenvalue weighted by atomic mass is 32.2. The van der Waals surface area contributed by atoms with Crippen molar-refractivity contribution in [3.63, 3.8) is 0 Å². The molecule has 0 atom stereocenters. The Balaban J connectivity index is 2.16. The normalized spacial score (nSPS) is 24.0. The second-order valence-corrected chi connectivity index (χ2v) is 7.62. The van der Waals surface area contributed by atoms with Crippen LogP contribution in [0.25, 0.3) is 0 Å². The summed E-state index contributed by atoms with van der Waals surface area (Å²) in [4.78, 5) is 4.32. The highest BCUT2D eigenvalue weighted by Crippen LogP contribution is 2.29. The first-order valence-electron chi connectivity index (χ1n) is 7.08. The van der Waals surface area contributed by atoms with Gasteiger partial charge in [-0.25, -0.2) is 8.42 Å². The standard InChI is InChI=1S/C14H23N3O2S/c1-11-3-6-13(7-4-11)17(2)20(18,19)14-8-5-12(9-15)16-10-14/h5,8,10-11,13H,3-4,6-7,9,15H2,1-2H3. The Hall–Kier alpha value is -0.980. The van der Waals surface area contributed by atoms with Crippen LogP contribution in [0.15, 0.2) is 23.2 Å². The molecule has 1 aromatic rings. The topological polar surface area (TPSA) is 76.3 Å². The lowest BCUT2D eigenvalue weighted by atomic mass is 9.87. The van der Waals surface area contributed by atoms with Crippen LogP contribution < -0.4 is 5.73 Å². The van der Waals surface area contributed by atoms with E-state index < -0.39 is 10.0 Å². The predicted molar refractivity (Wildman–Crippen MR) is 78.5 cm³/mol. The first kappa shape index (κ1) is 15.4. The second-order valence-electron chi connectivity index (χ2n) is 5.62. The van der Waals surface area contributed by atoms with Gasteiger partial charge in [0, 0.05) is 25.8 Å². The summed E-state index contributed by atoms with van der Waals surface area (Å²) in [5, 5.41) is 0. The van der Waals surface area contributed by atoms with Gasteiger partial charge in [-0.15, -0.1) is 0 Å². The van der Waals surface area contributed by atoms with Gasteiger partial charge in [-0.3, -0.25) is 4.98 Å². The van der Waals surface area contributed by atoms with Crippen LogP contribution in [0.4, 0.5) is 0 Å². The number of aromatic nitrogens is 1. The fourth-order valence-electron chi connectivity index (χ4n) is 2.65. The van der Waals surface area contributed by atoms with Crippen molar-refractivity contribution in [2.45, 2.75) is 50.1 Å². The van der Waals surface area contributed by atoms with E-state index in [9.17, 15) is 8.42 Å². The zero-order valence-electron chi connectivity index (χ0n) is 12.1. The smallest absolute Gasteiger partial charge is 0.244 e. The molecule has 6 heteroatoms. The summed E-state index contributed by atoms with van der Waals surface area (Å²) in [6.07, 6.45) is 5.46. The van der Waals surface area contributed by atoms with Crippen molar-refractivity contribution < 1.29 is 8.42 Å². The molecule has 1 aromatic heterocycles. The number of nitrogens with zero attached hydrogens (tertiary/aromatic N) is 2. The number of nitrogens with two attached hydrogens (primary N) is 1. The molecule has 5 nitrogen and oxygen atoms in total. The molecule has 2 rings (SSSR count). The molecule has 0 spiro atoms. The van der Waals surface area contributed by atoms with Gasteiger partial charge in [0.2, 0.25) is 10.0 Å². The van der Waals surface area contributed by atoms with E-state index in [2.05, 4.69) is 11.9 Å². The highest BCUT2D eigenvalue weighted by molar-refractivity contribution is 7.89. The van der Waals surface area contributed by atoms with Gasteiger partial charge in [0.25, 0.3) is 0 Å². The van der Waals surface area contributed by atoms with E-state index in [1.165, 1.54) is 10.5 Å². The second kappa shape index (κ2) is 6.20. The molecule has 1 fully saturated rings. The summed E-state index contributed by atoms with van der Waals surface area (Å²) in [6.45, 7) is 2.54. The van der Waals surface area contributed by atoms with E-state index in [1.807, 2.05) is 0 Å². The minimum atomic E-state index is -3.45. The van der Waals surface area contributed by atoms with E-state index in [-0.39, 0.29) is 10.9 Å². The van der Waals surface area contributed by atoms with E-state index in [0.29, 0.717) is 18.2 Å². The summed E-state index contributed by atoms with van der Waals surface area (Å²) in [5.74, 6) is 0.702. The molecule has 0 bridgehead atoms. The van der Waals surface area contributed by atoms with Crippen molar-refractivity contribution in [2.75, 3.05) is 7.05 Å². The quantitative estimate of drug-likeness (QED) is 0.918. The maximum absolute atomic E-state index is 12.6. The van der Waals surface area contributed by atoms with Gasteiger partial charge in [0.05, 0.1) is 5.69 Å². The number of pyridine rings is 1. The van der Waals surface area contributed by atoms with Crippen molar-refractivity contribution in [2.24, 2.45) is 11.7 Å². The molecule has 20 heavy (non-hydrogen) atoms. The lowest BCUT2D eigenvalue weighted by Gasteiger charge is -2.32. The minimum absolute atomic E-state index is 0.102. The van der Waals surface area contributed by atoms with Crippen LogP contribution in [0.3, 0.4) is 0 Å². The summed E-state index contributed by atoms with van der Waals surface area (Å²) >= 11 is 0. The number of hydrogen-bond acceptors (Lipinski definition) is 4. The lowest BCUT2D eigenvalue weighted by Crippen LogP contribution is -2.39. The lowest BCUT2D eigenvalue weighted by molar-refractivity contribution is 0.246. The maximum atomic E-state index is 12.6. The van der Waals surface area contributed by atoms with Gasteiger partial charge in [0.1, 0.15) is 4.90 Å². The molecule has 2 N–H and O–H groups in total. The summed E-state index contributed by atoms with van der Waals surface area (Å²) < 4.78 is 26.6. The third kappa shape index (κ3) is 3.19. The third-order valence-electron chi connectivity index (χ3n) is 4.18. The Morgan fingerprint density at radius 1 is 1.30 bits per heavy atom. The Labute approximate surface area is 121 Å². The zero-order chi connectivity index (χ0) is 14.8. The van der Waals surface area contributed by atoms with E-state index >= 15 is 0 Å². The molecule has 0 aromatic carbocycles. The van der Waals surface area contributed by atoms with Gasteiger partial charge in [-0.05, 0) is 43.7 Å². The molecule has 1 heterocycles. The van der Waals surface area contributed by atoms with Crippen molar-refractivity contribution in [1.82, 2.24) is 9.29 Å². The maximum Gasteiger partial charge on any atom is 0.244 e. The van der Waals surface area contributed by atoms with E-state index in [1.54, 1.807) is 19.2 Å². The molecular weight excluding hydrogens is 274 g/mol. The van der Waals surface area contributed by atoms with Crippen LogP contribution >= 0.6 is 0 Å². The van der Waals surface area contributed by atoms with Crippen LogP contribution in [0.5, 0.6) is 0 Å². The van der Waals surface area contributed by atoms with Crippen molar-refractivity contribution in [1.29, 1.82) is 0 Å². The Kier molecular flexibility index (Phi) is 4.78. The van der Waals surface area contributed by atoms with Crippen LogP contribution in [0, 0.1) is 5.92 Å². The largest absolute Gasteiger partial charge is 0.325 e. The average molecular weight is 297 g/mol. The van der Waals surface area contributed by atoms with Crippen molar-refractivity contribution >= 4 is 10.0 Å². The molecule has 0 radical (unpaired) electrons. The van der Waals surface area contributed by atoms with Crippen LogP contribution in [0.1, 0.15) is 38.3 Å². The number of sulfonamides is 1. The first-order valence-corrected chi connectivity index (χ1v) is 8.52. The van der Waals surface area contributed by atoms with Crippen molar-refractivity contribution in [3.8, 4) is 0 Å². The fraction of sp³-hybridized carbons (Fsp3) is 0.643. The monoisotopic (exact) mass is 297 g/mol. The van der Waals surface area contributed by atoms with Crippen molar-refractivity contribution in [3.05, 3.63) is 24.0 Å². The Bertz CT molecular complexity index is 534. The predicted octanol–water partition coefficient (Wildman–Crippen LogP) is 1.74. The minimum Gasteiger partial charge on any atom is -0.325 e. The molecule has 0 aliphatic heterocycles. The van der Waals surface area contributed by atoms with Gasteiger partial charge >= 0.3 is 0 Å². The average Bonchev–Trinajstić information content (AvgIpc) is 2.47. The molecule has 1 aliphatic carbocycles. The molecular formula is C14H23N3O2S.